The van der Waals surface area contributed by atoms with Crippen LogP contribution in [0.25, 0.3) is 0 Å². The van der Waals surface area contributed by atoms with Crippen molar-refractivity contribution >= 4 is 35.8 Å². The Kier molecular flexibility index (Phi) is 11.0. The molecule has 0 bridgehead atoms. The second-order valence-electron chi connectivity index (χ2n) is 6.06. The molecule has 160 valence electrons. The van der Waals surface area contributed by atoms with Gasteiger partial charge in [0.2, 0.25) is 5.91 Å². The Bertz CT molecular complexity index is 786. The van der Waals surface area contributed by atoms with Crippen molar-refractivity contribution in [1.82, 2.24) is 15.5 Å². The molecule has 1 amide bonds. The second-order valence-corrected chi connectivity index (χ2v) is 6.06. The average Bonchev–Trinajstić information content (AvgIpc) is 3.17. The quantitative estimate of drug-likeness (QED) is 0.229. The van der Waals surface area contributed by atoms with Gasteiger partial charge in [0, 0.05) is 33.1 Å². The number of nitrogens with zero attached hydrogens (tertiary/aromatic N) is 2. The van der Waals surface area contributed by atoms with Crippen LogP contribution in [0.1, 0.15) is 5.76 Å². The number of carbonyl (C=O) groups is 1. The zero-order valence-electron chi connectivity index (χ0n) is 16.3. The van der Waals surface area contributed by atoms with Crippen LogP contribution in [0.3, 0.4) is 0 Å². The fraction of sp³-hybridized carbons (Fsp3) is 0.368. The Balaban J connectivity index is 0.00000420. The summed E-state index contributed by atoms with van der Waals surface area (Å²) < 4.78 is 37.0. The molecule has 7 nitrogen and oxygen atoms in total. The molecule has 1 aromatic carbocycles. The number of carbonyl (C=O) groups excluding carboxylic acids is 1. The number of likely N-dealkylation sites (N-methyl/N-ethyl adjacent to an activating group) is 1. The third-order valence-electron chi connectivity index (χ3n) is 3.66. The van der Waals surface area contributed by atoms with E-state index in [0.717, 1.165) is 17.9 Å². The summed E-state index contributed by atoms with van der Waals surface area (Å²) in [7, 11) is 3.31. The third kappa shape index (κ3) is 9.11. The van der Waals surface area contributed by atoms with E-state index >= 15 is 0 Å². The third-order valence-corrected chi connectivity index (χ3v) is 3.66. The fourth-order valence-corrected chi connectivity index (χ4v) is 2.14. The second kappa shape index (κ2) is 13.0. The summed E-state index contributed by atoms with van der Waals surface area (Å²) in [6.45, 7) is 0.960. The van der Waals surface area contributed by atoms with E-state index in [1.807, 2.05) is 12.1 Å². The van der Waals surface area contributed by atoms with Gasteiger partial charge in [-0.05, 0) is 24.3 Å². The van der Waals surface area contributed by atoms with Gasteiger partial charge in [-0.1, -0.05) is 0 Å². The van der Waals surface area contributed by atoms with Gasteiger partial charge in [-0.2, -0.15) is 0 Å². The Morgan fingerprint density at radius 1 is 1.21 bits per heavy atom. The molecular formula is C19H25F2IN4O3. The molecular weight excluding hydrogens is 497 g/mol. The zero-order chi connectivity index (χ0) is 20.4. The first-order chi connectivity index (χ1) is 13.5. The summed E-state index contributed by atoms with van der Waals surface area (Å²) in [6, 6.07) is 6.80. The summed E-state index contributed by atoms with van der Waals surface area (Å²) in [5, 5.41) is 6.11. The van der Waals surface area contributed by atoms with Crippen LogP contribution >= 0.6 is 24.0 Å². The van der Waals surface area contributed by atoms with E-state index in [4.69, 9.17) is 9.15 Å². The van der Waals surface area contributed by atoms with Crippen LogP contribution in [0, 0.1) is 11.6 Å². The highest BCUT2D eigenvalue weighted by atomic mass is 127. The van der Waals surface area contributed by atoms with Gasteiger partial charge in [0.25, 0.3) is 0 Å². The van der Waals surface area contributed by atoms with Crippen molar-refractivity contribution in [2.45, 2.75) is 6.42 Å². The highest BCUT2D eigenvalue weighted by molar-refractivity contribution is 14.0. The molecule has 29 heavy (non-hydrogen) atoms. The lowest BCUT2D eigenvalue weighted by molar-refractivity contribution is -0.127. The average molecular weight is 522 g/mol. The Labute approximate surface area is 185 Å². The van der Waals surface area contributed by atoms with E-state index in [-0.39, 0.29) is 48.8 Å². The summed E-state index contributed by atoms with van der Waals surface area (Å²) in [5.74, 6) is -0.353. The van der Waals surface area contributed by atoms with Crippen molar-refractivity contribution in [2.75, 3.05) is 40.3 Å². The molecule has 0 atom stereocenters. The van der Waals surface area contributed by atoms with E-state index in [2.05, 4.69) is 15.6 Å². The van der Waals surface area contributed by atoms with Crippen molar-refractivity contribution < 1.29 is 22.7 Å². The number of amides is 1. The minimum atomic E-state index is -0.762. The molecule has 2 aromatic rings. The summed E-state index contributed by atoms with van der Waals surface area (Å²) in [4.78, 5) is 17.4. The maximum atomic E-state index is 13.6. The minimum absolute atomic E-state index is 0. The predicted molar refractivity (Wildman–Crippen MR) is 117 cm³/mol. The molecule has 2 rings (SSSR count). The first-order valence-corrected chi connectivity index (χ1v) is 8.78. The number of nitrogens with one attached hydrogen (secondary N) is 2. The van der Waals surface area contributed by atoms with Crippen LogP contribution in [0.4, 0.5) is 8.78 Å². The van der Waals surface area contributed by atoms with Crippen LogP contribution in [-0.2, 0) is 11.2 Å². The van der Waals surface area contributed by atoms with E-state index < -0.39 is 11.6 Å². The molecule has 1 heterocycles. The molecule has 0 spiro atoms. The number of ether oxygens (including phenoxy) is 1. The summed E-state index contributed by atoms with van der Waals surface area (Å²) in [5.41, 5.74) is 0. The molecule has 0 aliphatic heterocycles. The number of halogens is 3. The van der Waals surface area contributed by atoms with Gasteiger partial charge in [-0.3, -0.25) is 4.79 Å². The first kappa shape index (κ1) is 24.7. The van der Waals surface area contributed by atoms with Crippen molar-refractivity contribution in [3.05, 3.63) is 54.0 Å². The van der Waals surface area contributed by atoms with E-state index in [1.54, 1.807) is 20.4 Å². The molecule has 0 aliphatic rings. The highest BCUT2D eigenvalue weighted by Gasteiger charge is 2.07. The topological polar surface area (TPSA) is 79.1 Å². The minimum Gasteiger partial charge on any atom is -0.489 e. The Morgan fingerprint density at radius 3 is 2.62 bits per heavy atom. The fourth-order valence-electron chi connectivity index (χ4n) is 2.14. The van der Waals surface area contributed by atoms with Crippen LogP contribution in [0.15, 0.2) is 46.0 Å². The Morgan fingerprint density at radius 2 is 1.97 bits per heavy atom. The van der Waals surface area contributed by atoms with Gasteiger partial charge in [0.05, 0.1) is 12.8 Å². The van der Waals surface area contributed by atoms with E-state index in [1.165, 1.54) is 11.0 Å². The van der Waals surface area contributed by atoms with Crippen LogP contribution in [-0.4, -0.2) is 57.1 Å². The molecule has 0 fully saturated rings. The summed E-state index contributed by atoms with van der Waals surface area (Å²) >= 11 is 0. The van der Waals surface area contributed by atoms with Gasteiger partial charge in [-0.15, -0.1) is 24.0 Å². The van der Waals surface area contributed by atoms with E-state index in [9.17, 15) is 13.6 Å². The van der Waals surface area contributed by atoms with E-state index in [0.29, 0.717) is 25.5 Å². The normalized spacial score (nSPS) is 10.8. The lowest BCUT2D eigenvalue weighted by atomic mass is 10.3. The largest absolute Gasteiger partial charge is 0.489 e. The predicted octanol–water partition coefficient (Wildman–Crippen LogP) is 2.42. The van der Waals surface area contributed by atoms with Crippen molar-refractivity contribution in [1.29, 1.82) is 0 Å². The number of guanidine groups is 1. The van der Waals surface area contributed by atoms with Crippen LogP contribution < -0.4 is 15.4 Å². The smallest absolute Gasteiger partial charge is 0.243 e. The molecule has 0 saturated heterocycles. The van der Waals surface area contributed by atoms with Crippen molar-refractivity contribution in [3.8, 4) is 5.75 Å². The van der Waals surface area contributed by atoms with Gasteiger partial charge >= 0.3 is 0 Å². The van der Waals surface area contributed by atoms with Gasteiger partial charge in [0.15, 0.2) is 17.5 Å². The Hall–Kier alpha value is -2.37. The highest BCUT2D eigenvalue weighted by Crippen LogP contribution is 2.17. The molecule has 10 heteroatoms. The number of furan rings is 1. The lowest BCUT2D eigenvalue weighted by Crippen LogP contribution is -2.41. The number of rotatable bonds is 9. The maximum absolute atomic E-state index is 13.6. The van der Waals surface area contributed by atoms with Gasteiger partial charge in [-0.25, -0.2) is 13.8 Å². The molecule has 0 aliphatic carbocycles. The monoisotopic (exact) mass is 522 g/mol. The molecule has 1 aromatic heterocycles. The number of benzene rings is 1. The van der Waals surface area contributed by atoms with Crippen molar-refractivity contribution in [3.63, 3.8) is 0 Å². The van der Waals surface area contributed by atoms with Crippen LogP contribution in [0.2, 0.25) is 0 Å². The lowest BCUT2D eigenvalue weighted by Gasteiger charge is -2.14. The number of aliphatic imine (C=N–C) groups is 1. The molecule has 0 unspecified atom stereocenters. The SMILES string of the molecule is CN(C)C(=O)CN=C(NCCOc1ccc(F)cc1F)NCCc1ccco1.I. The van der Waals surface area contributed by atoms with Gasteiger partial charge < -0.3 is 24.7 Å². The molecule has 0 saturated carbocycles. The standard InChI is InChI=1S/C19H24F2N4O3.HI/c1-25(2)18(26)13-24-19(22-8-7-15-4-3-10-27-15)23-9-11-28-17-6-5-14(20)12-16(17)21;/h3-6,10,12H,7-9,11,13H2,1-2H3,(H2,22,23,24);1H. The maximum Gasteiger partial charge on any atom is 0.243 e. The van der Waals surface area contributed by atoms with Gasteiger partial charge in [0.1, 0.15) is 24.7 Å². The number of hydrogen-bond acceptors (Lipinski definition) is 4. The zero-order valence-corrected chi connectivity index (χ0v) is 18.6. The molecule has 2 N–H and O–H groups in total. The van der Waals surface area contributed by atoms with Crippen LogP contribution in [0.5, 0.6) is 5.75 Å². The number of hydrogen-bond donors (Lipinski definition) is 2. The first-order valence-electron chi connectivity index (χ1n) is 8.78. The molecule has 0 radical (unpaired) electrons. The summed E-state index contributed by atoms with van der Waals surface area (Å²) in [6.07, 6.45) is 2.25. The van der Waals surface area contributed by atoms with Crippen molar-refractivity contribution in [2.24, 2.45) is 4.99 Å².